The van der Waals surface area contributed by atoms with Crippen LogP contribution in [0.1, 0.15) is 11.1 Å². The lowest BCUT2D eigenvalue weighted by atomic mass is 10.0. The summed E-state index contributed by atoms with van der Waals surface area (Å²) in [5.41, 5.74) is 4.23. The Labute approximate surface area is 183 Å². The van der Waals surface area contributed by atoms with Crippen LogP contribution in [0.25, 0.3) is 0 Å². The van der Waals surface area contributed by atoms with Crippen molar-refractivity contribution in [3.63, 3.8) is 0 Å². The summed E-state index contributed by atoms with van der Waals surface area (Å²) in [6.07, 6.45) is -11.8. The van der Waals surface area contributed by atoms with Gasteiger partial charge in [0.2, 0.25) is 5.82 Å². The Morgan fingerprint density at radius 3 is 1.18 bits per heavy atom. The summed E-state index contributed by atoms with van der Waals surface area (Å²) in [5, 5.41) is 0. The second-order valence-corrected chi connectivity index (χ2v) is 6.68. The molecule has 0 aliphatic heterocycles. The van der Waals surface area contributed by atoms with Crippen LogP contribution in [0.5, 0.6) is 23.0 Å². The molecule has 0 unspecified atom stereocenters. The monoisotopic (exact) mass is 500 g/mol. The zero-order valence-corrected chi connectivity index (χ0v) is 16.2. The zero-order chi connectivity index (χ0) is 25.6. The van der Waals surface area contributed by atoms with Gasteiger partial charge in [-0.25, -0.2) is 13.2 Å². The molecule has 0 spiro atoms. The molecule has 0 amide bonds. The molecule has 0 saturated carbocycles. The van der Waals surface area contributed by atoms with Crippen molar-refractivity contribution in [2.24, 2.45) is 0 Å². The molecule has 0 aliphatic carbocycles. The van der Waals surface area contributed by atoms with E-state index in [4.69, 9.17) is 11.5 Å². The number of alkyl halides is 6. The van der Waals surface area contributed by atoms with E-state index in [0.29, 0.717) is 36.4 Å². The molecule has 4 N–H and O–H groups in total. The lowest BCUT2D eigenvalue weighted by Crippen LogP contribution is -2.19. The Balaban J connectivity index is 2.35. The Morgan fingerprint density at radius 1 is 0.529 bits per heavy atom. The molecule has 14 heteroatoms. The molecule has 0 bridgehead atoms. The number of halogens is 10. The predicted octanol–water partition coefficient (Wildman–Crippen LogP) is 7.03. The molecule has 0 aromatic heterocycles. The molecule has 34 heavy (non-hydrogen) atoms. The topological polar surface area (TPSA) is 70.5 Å². The van der Waals surface area contributed by atoms with Gasteiger partial charge in [0.1, 0.15) is 34.3 Å². The minimum Gasteiger partial charge on any atom is -0.453 e. The van der Waals surface area contributed by atoms with Gasteiger partial charge in [0.25, 0.3) is 0 Å². The Morgan fingerprint density at radius 2 is 0.882 bits per heavy atom. The van der Waals surface area contributed by atoms with E-state index in [1.807, 2.05) is 0 Å². The molecule has 0 aliphatic rings. The van der Waals surface area contributed by atoms with Crippen LogP contribution in [-0.4, -0.2) is 0 Å². The number of hydrogen-bond acceptors (Lipinski definition) is 4. The van der Waals surface area contributed by atoms with E-state index >= 15 is 4.39 Å². The lowest BCUT2D eigenvalue weighted by Gasteiger charge is -2.22. The average molecular weight is 500 g/mol. The van der Waals surface area contributed by atoms with Crippen LogP contribution >= 0.6 is 0 Å². The highest BCUT2D eigenvalue weighted by atomic mass is 19.4. The maximum absolute atomic E-state index is 15.1. The molecule has 3 aromatic rings. The summed E-state index contributed by atoms with van der Waals surface area (Å²) < 4.78 is 147. The third-order valence-electron chi connectivity index (χ3n) is 4.09. The molecule has 0 saturated heterocycles. The summed E-state index contributed by atoms with van der Waals surface area (Å²) in [5.74, 6) is -13.8. The number of benzene rings is 3. The summed E-state index contributed by atoms with van der Waals surface area (Å²) in [6, 6.07) is 3.63. The van der Waals surface area contributed by atoms with Gasteiger partial charge in [0.15, 0.2) is 17.3 Å². The first-order valence-electron chi connectivity index (χ1n) is 8.75. The van der Waals surface area contributed by atoms with E-state index < -0.39 is 81.1 Å². The fourth-order valence-electron chi connectivity index (χ4n) is 2.87. The number of nitrogens with two attached hydrogens (primary N) is 2. The van der Waals surface area contributed by atoms with Gasteiger partial charge in [0.05, 0.1) is 0 Å². The van der Waals surface area contributed by atoms with Crippen molar-refractivity contribution < 1.29 is 53.4 Å². The number of rotatable bonds is 4. The van der Waals surface area contributed by atoms with Crippen molar-refractivity contribution in [3.8, 4) is 23.0 Å². The quantitative estimate of drug-likeness (QED) is 0.298. The highest BCUT2D eigenvalue weighted by Gasteiger charge is 2.49. The van der Waals surface area contributed by atoms with Crippen molar-refractivity contribution in [2.75, 3.05) is 11.5 Å². The smallest absolute Gasteiger partial charge is 0.422 e. The number of anilines is 2. The lowest BCUT2D eigenvalue weighted by molar-refractivity contribution is -0.149. The Hall–Kier alpha value is -3.84. The average Bonchev–Trinajstić information content (AvgIpc) is 2.61. The number of nitrogen functional groups attached to an aromatic ring is 2. The standard InChI is InChI=1S/C20H10F10N2O2/c21-7-1-9(31)5-11(3-7)33-17-13(19(25,26)27)15(23)14(20(28,29)30)18(16(17)24)34-12-4-8(22)2-10(32)6-12/h1-6H,31-32H2. The van der Waals surface area contributed by atoms with Gasteiger partial charge >= 0.3 is 12.4 Å². The van der Waals surface area contributed by atoms with Gasteiger partial charge in [-0.3, -0.25) is 0 Å². The SMILES string of the molecule is Nc1cc(F)cc(Oc2c(F)c(Oc3cc(N)cc(F)c3)c(C(F)(F)F)c(F)c2C(F)(F)F)c1. The largest absolute Gasteiger partial charge is 0.453 e. The maximum Gasteiger partial charge on any atom is 0.422 e. The molecule has 0 heterocycles. The van der Waals surface area contributed by atoms with Crippen LogP contribution in [0.15, 0.2) is 36.4 Å². The molecule has 3 rings (SSSR count). The highest BCUT2D eigenvalue weighted by molar-refractivity contribution is 5.56. The van der Waals surface area contributed by atoms with E-state index in [1.54, 1.807) is 0 Å². The van der Waals surface area contributed by atoms with Crippen LogP contribution in [-0.2, 0) is 12.4 Å². The first kappa shape index (κ1) is 24.8. The van der Waals surface area contributed by atoms with E-state index in [1.165, 1.54) is 0 Å². The molecule has 3 aromatic carbocycles. The summed E-state index contributed by atoms with van der Waals surface area (Å²) in [6.45, 7) is 0. The summed E-state index contributed by atoms with van der Waals surface area (Å²) in [4.78, 5) is 0. The molecule has 0 fully saturated rings. The van der Waals surface area contributed by atoms with Crippen LogP contribution in [0, 0.1) is 23.3 Å². The predicted molar refractivity (Wildman–Crippen MR) is 98.1 cm³/mol. The van der Waals surface area contributed by atoms with E-state index in [-0.39, 0.29) is 0 Å². The summed E-state index contributed by atoms with van der Waals surface area (Å²) in [7, 11) is 0. The van der Waals surface area contributed by atoms with Gasteiger partial charge in [-0.2, -0.15) is 30.7 Å². The van der Waals surface area contributed by atoms with E-state index in [2.05, 4.69) is 9.47 Å². The minimum atomic E-state index is -5.92. The Kier molecular flexibility index (Phi) is 6.20. The van der Waals surface area contributed by atoms with Crippen LogP contribution in [0.4, 0.5) is 55.3 Å². The molecule has 182 valence electrons. The molecule has 0 radical (unpaired) electrons. The highest BCUT2D eigenvalue weighted by Crippen LogP contribution is 2.51. The van der Waals surface area contributed by atoms with Gasteiger partial charge < -0.3 is 20.9 Å². The second kappa shape index (κ2) is 8.50. The van der Waals surface area contributed by atoms with Gasteiger partial charge in [-0.05, 0) is 12.1 Å². The number of hydrogen-bond donors (Lipinski definition) is 2. The van der Waals surface area contributed by atoms with Crippen molar-refractivity contribution in [1.82, 2.24) is 0 Å². The van der Waals surface area contributed by atoms with Crippen molar-refractivity contribution >= 4 is 11.4 Å². The van der Waals surface area contributed by atoms with Gasteiger partial charge in [-0.15, -0.1) is 0 Å². The van der Waals surface area contributed by atoms with Crippen LogP contribution < -0.4 is 20.9 Å². The fourth-order valence-corrected chi connectivity index (χ4v) is 2.87. The van der Waals surface area contributed by atoms with E-state index in [9.17, 15) is 39.5 Å². The van der Waals surface area contributed by atoms with E-state index in [0.717, 1.165) is 0 Å². The first-order valence-corrected chi connectivity index (χ1v) is 8.75. The summed E-state index contributed by atoms with van der Waals surface area (Å²) >= 11 is 0. The first-order chi connectivity index (χ1) is 15.6. The molecule has 0 atom stereocenters. The Bertz CT molecular complexity index is 1120. The molecule has 4 nitrogen and oxygen atoms in total. The van der Waals surface area contributed by atoms with Crippen LogP contribution in [0.2, 0.25) is 0 Å². The second-order valence-electron chi connectivity index (χ2n) is 6.68. The molecular formula is C20H10F10N2O2. The van der Waals surface area contributed by atoms with Crippen molar-refractivity contribution in [2.45, 2.75) is 12.4 Å². The van der Waals surface area contributed by atoms with Crippen LogP contribution in [0.3, 0.4) is 0 Å². The van der Waals surface area contributed by atoms with Gasteiger partial charge in [0, 0.05) is 35.6 Å². The fraction of sp³-hybridized carbons (Fsp3) is 0.100. The number of ether oxygens (including phenoxy) is 2. The zero-order valence-electron chi connectivity index (χ0n) is 16.2. The third-order valence-corrected chi connectivity index (χ3v) is 4.09. The van der Waals surface area contributed by atoms with Crippen molar-refractivity contribution in [1.29, 1.82) is 0 Å². The maximum atomic E-state index is 15.1. The van der Waals surface area contributed by atoms with Gasteiger partial charge in [-0.1, -0.05) is 0 Å². The minimum absolute atomic E-state index is 0.414. The van der Waals surface area contributed by atoms with Crippen molar-refractivity contribution in [3.05, 3.63) is 70.8 Å². The normalized spacial score (nSPS) is 12.1. The third kappa shape index (κ3) is 5.05. The molecular weight excluding hydrogens is 490 g/mol.